The fourth-order valence-corrected chi connectivity index (χ4v) is 1.24. The molecule has 0 aromatic carbocycles. The first-order chi connectivity index (χ1) is 6.25. The Labute approximate surface area is 78.4 Å². The van der Waals surface area contributed by atoms with Gasteiger partial charge in [0.25, 0.3) is 0 Å². The summed E-state index contributed by atoms with van der Waals surface area (Å²) < 4.78 is 10.1. The number of ether oxygens (including phenoxy) is 2. The highest BCUT2D eigenvalue weighted by Crippen LogP contribution is 2.13. The van der Waals surface area contributed by atoms with Gasteiger partial charge in [-0.25, -0.2) is 0 Å². The number of carbonyl (C=O) groups is 1. The molecule has 1 aliphatic rings. The molecule has 1 rings (SSSR count). The van der Waals surface area contributed by atoms with Crippen LogP contribution in [0.1, 0.15) is 19.8 Å². The van der Waals surface area contributed by atoms with E-state index in [1.54, 1.807) is 0 Å². The van der Waals surface area contributed by atoms with Crippen LogP contribution in [0.15, 0.2) is 0 Å². The van der Waals surface area contributed by atoms with Gasteiger partial charge < -0.3 is 15.2 Å². The van der Waals surface area contributed by atoms with Gasteiger partial charge in [0.15, 0.2) is 0 Å². The summed E-state index contributed by atoms with van der Waals surface area (Å²) in [7, 11) is 0. The topological polar surface area (TPSA) is 61.5 Å². The maximum Gasteiger partial charge on any atom is 0.312 e. The monoisotopic (exact) mass is 187 g/mol. The molecule has 0 saturated carbocycles. The van der Waals surface area contributed by atoms with E-state index in [0.717, 1.165) is 12.8 Å². The second-order valence-electron chi connectivity index (χ2n) is 3.33. The molecule has 0 aromatic rings. The van der Waals surface area contributed by atoms with Crippen LogP contribution in [0.25, 0.3) is 0 Å². The molecule has 4 heteroatoms. The molecule has 13 heavy (non-hydrogen) atoms. The molecule has 0 radical (unpaired) electrons. The molecule has 0 bridgehead atoms. The molecule has 0 spiro atoms. The summed E-state index contributed by atoms with van der Waals surface area (Å²) in [4.78, 5) is 11.3. The summed E-state index contributed by atoms with van der Waals surface area (Å²) in [6.07, 6.45) is 1.94. The van der Waals surface area contributed by atoms with Crippen molar-refractivity contribution in [2.45, 2.75) is 25.8 Å². The fourth-order valence-electron chi connectivity index (χ4n) is 1.24. The summed E-state index contributed by atoms with van der Waals surface area (Å²) in [5.74, 6) is -0.463. The van der Waals surface area contributed by atoms with Crippen LogP contribution in [-0.4, -0.2) is 31.8 Å². The fraction of sp³-hybridized carbons (Fsp3) is 0.889. The van der Waals surface area contributed by atoms with E-state index in [4.69, 9.17) is 15.2 Å². The number of hydrogen-bond donors (Lipinski definition) is 1. The van der Waals surface area contributed by atoms with Gasteiger partial charge in [0.2, 0.25) is 0 Å². The molecule has 1 fully saturated rings. The Bertz CT molecular complexity index is 172. The molecule has 1 aliphatic heterocycles. The van der Waals surface area contributed by atoms with Gasteiger partial charge in [0.05, 0.1) is 25.7 Å². The van der Waals surface area contributed by atoms with E-state index in [-0.39, 0.29) is 17.9 Å². The highest BCUT2D eigenvalue weighted by molar-refractivity contribution is 5.73. The second-order valence-corrected chi connectivity index (χ2v) is 3.33. The highest BCUT2D eigenvalue weighted by atomic mass is 16.5. The molecule has 2 N–H and O–H groups in total. The maximum absolute atomic E-state index is 11.3. The smallest absolute Gasteiger partial charge is 0.312 e. The molecule has 2 unspecified atom stereocenters. The van der Waals surface area contributed by atoms with Gasteiger partial charge in [-0.15, -0.1) is 0 Å². The Morgan fingerprint density at radius 2 is 2.38 bits per heavy atom. The van der Waals surface area contributed by atoms with Gasteiger partial charge >= 0.3 is 5.97 Å². The average molecular weight is 187 g/mol. The third kappa shape index (κ3) is 2.97. The molecule has 4 nitrogen and oxygen atoms in total. The van der Waals surface area contributed by atoms with Crippen LogP contribution < -0.4 is 5.73 Å². The Kier molecular flexibility index (Phi) is 4.18. The Morgan fingerprint density at radius 3 is 2.92 bits per heavy atom. The highest BCUT2D eigenvalue weighted by Gasteiger charge is 2.32. The number of carbonyl (C=O) groups excluding carboxylic acids is 1. The lowest BCUT2D eigenvalue weighted by atomic mass is 10.1. The second kappa shape index (κ2) is 5.19. The van der Waals surface area contributed by atoms with E-state index in [1.807, 2.05) is 0 Å². The van der Waals surface area contributed by atoms with Crippen LogP contribution in [0.4, 0.5) is 0 Å². The summed E-state index contributed by atoms with van der Waals surface area (Å²) >= 11 is 0. The van der Waals surface area contributed by atoms with Crippen LogP contribution in [0.3, 0.4) is 0 Å². The predicted molar refractivity (Wildman–Crippen MR) is 48.2 cm³/mol. The van der Waals surface area contributed by atoms with Gasteiger partial charge in [-0.05, 0) is 6.42 Å². The van der Waals surface area contributed by atoms with Gasteiger partial charge in [-0.1, -0.05) is 13.3 Å². The van der Waals surface area contributed by atoms with Crippen molar-refractivity contribution in [1.82, 2.24) is 0 Å². The van der Waals surface area contributed by atoms with Crippen LogP contribution in [-0.2, 0) is 14.3 Å². The molecule has 0 aromatic heterocycles. The van der Waals surface area contributed by atoms with E-state index < -0.39 is 0 Å². The molecule has 0 amide bonds. The lowest BCUT2D eigenvalue weighted by molar-refractivity contribution is -0.148. The minimum Gasteiger partial charge on any atom is -0.465 e. The third-order valence-corrected chi connectivity index (χ3v) is 2.17. The van der Waals surface area contributed by atoms with Crippen LogP contribution in [0, 0.1) is 5.92 Å². The number of esters is 1. The van der Waals surface area contributed by atoms with Crippen molar-refractivity contribution in [2.75, 3.05) is 19.8 Å². The Hall–Kier alpha value is -0.610. The Balaban J connectivity index is 2.22. The Morgan fingerprint density at radius 1 is 1.62 bits per heavy atom. The normalized spacial score (nSPS) is 27.5. The van der Waals surface area contributed by atoms with Crippen molar-refractivity contribution in [1.29, 1.82) is 0 Å². The number of unbranched alkanes of at least 4 members (excludes halogenated alkanes) is 1. The quantitative estimate of drug-likeness (QED) is 0.508. The van der Waals surface area contributed by atoms with Gasteiger partial charge in [0.1, 0.15) is 0 Å². The number of hydrogen-bond acceptors (Lipinski definition) is 4. The molecule has 76 valence electrons. The van der Waals surface area contributed by atoms with Crippen LogP contribution >= 0.6 is 0 Å². The van der Waals surface area contributed by atoms with Crippen molar-refractivity contribution in [3.63, 3.8) is 0 Å². The minimum absolute atomic E-state index is 0.186. The van der Waals surface area contributed by atoms with Crippen molar-refractivity contribution >= 4 is 5.97 Å². The number of rotatable bonds is 4. The first-order valence-corrected chi connectivity index (χ1v) is 4.75. The summed E-state index contributed by atoms with van der Waals surface area (Å²) in [5.41, 5.74) is 5.66. The van der Waals surface area contributed by atoms with Gasteiger partial charge in [0, 0.05) is 6.04 Å². The largest absolute Gasteiger partial charge is 0.465 e. The zero-order valence-electron chi connectivity index (χ0n) is 7.99. The van der Waals surface area contributed by atoms with Crippen molar-refractivity contribution in [3.8, 4) is 0 Å². The van der Waals surface area contributed by atoms with Gasteiger partial charge in [-0.2, -0.15) is 0 Å². The number of nitrogens with two attached hydrogens (primary N) is 1. The van der Waals surface area contributed by atoms with E-state index >= 15 is 0 Å². The van der Waals surface area contributed by atoms with Crippen molar-refractivity contribution < 1.29 is 14.3 Å². The van der Waals surface area contributed by atoms with Crippen LogP contribution in [0.5, 0.6) is 0 Å². The standard InChI is InChI=1S/C9H17NO3/c1-2-3-4-13-9(11)7-5-12-6-8(7)10/h7-8H,2-6,10H2,1H3. The predicted octanol–water partition coefficient (Wildman–Crippen LogP) is 0.303. The van der Waals surface area contributed by atoms with E-state index in [9.17, 15) is 4.79 Å². The van der Waals surface area contributed by atoms with E-state index in [0.29, 0.717) is 19.8 Å². The maximum atomic E-state index is 11.3. The molecule has 1 saturated heterocycles. The molecule has 1 heterocycles. The van der Waals surface area contributed by atoms with Crippen LogP contribution in [0.2, 0.25) is 0 Å². The van der Waals surface area contributed by atoms with E-state index in [1.165, 1.54) is 0 Å². The average Bonchev–Trinajstić information content (AvgIpc) is 2.52. The summed E-state index contributed by atoms with van der Waals surface area (Å²) in [6.45, 7) is 3.43. The zero-order chi connectivity index (χ0) is 9.68. The SMILES string of the molecule is CCCCOC(=O)C1COCC1N. The lowest BCUT2D eigenvalue weighted by Crippen LogP contribution is -2.35. The van der Waals surface area contributed by atoms with Crippen molar-refractivity contribution in [3.05, 3.63) is 0 Å². The summed E-state index contributed by atoms with van der Waals surface area (Å²) in [6, 6.07) is -0.186. The lowest BCUT2D eigenvalue weighted by Gasteiger charge is -2.11. The van der Waals surface area contributed by atoms with Crippen molar-refractivity contribution in [2.24, 2.45) is 11.7 Å². The molecular formula is C9H17NO3. The zero-order valence-corrected chi connectivity index (χ0v) is 7.99. The minimum atomic E-state index is -0.253. The molecular weight excluding hydrogens is 170 g/mol. The third-order valence-electron chi connectivity index (χ3n) is 2.17. The first-order valence-electron chi connectivity index (χ1n) is 4.75. The van der Waals surface area contributed by atoms with E-state index in [2.05, 4.69) is 6.92 Å². The molecule has 2 atom stereocenters. The van der Waals surface area contributed by atoms with Gasteiger partial charge in [-0.3, -0.25) is 4.79 Å². The molecule has 0 aliphatic carbocycles. The first kappa shape index (κ1) is 10.5. The summed E-state index contributed by atoms with van der Waals surface area (Å²) in [5, 5.41) is 0.